The molecule has 3 N–H and O–H groups in total. The Hall–Kier alpha value is -3.91. The van der Waals surface area contributed by atoms with E-state index in [1.54, 1.807) is 29.2 Å². The number of hydrogen-bond donors (Lipinski definition) is 3. The van der Waals surface area contributed by atoms with Crippen molar-refractivity contribution in [3.63, 3.8) is 0 Å². The number of piperidine rings is 1. The number of carbonyl (C=O) groups is 1. The number of nitriles is 1. The summed E-state index contributed by atoms with van der Waals surface area (Å²) >= 11 is 0. The molecule has 0 unspecified atom stereocenters. The summed E-state index contributed by atoms with van der Waals surface area (Å²) in [7, 11) is 0. The largest absolute Gasteiger partial charge is 0.492 e. The second kappa shape index (κ2) is 8.45. The number of fused-ring (bicyclic) bond motifs is 1. The van der Waals surface area contributed by atoms with Crippen LogP contribution in [0.3, 0.4) is 0 Å². The van der Waals surface area contributed by atoms with Gasteiger partial charge in [0.1, 0.15) is 17.6 Å². The molecule has 1 aliphatic heterocycles. The number of aliphatic hydroxyl groups excluding tert-OH is 1. The van der Waals surface area contributed by atoms with Gasteiger partial charge in [-0.25, -0.2) is 14.3 Å². The number of anilines is 1. The normalized spacial score (nSPS) is 18.5. The lowest BCUT2D eigenvalue weighted by Crippen LogP contribution is -2.54. The van der Waals surface area contributed by atoms with E-state index in [9.17, 15) is 15.2 Å². The van der Waals surface area contributed by atoms with Gasteiger partial charge in [-0.1, -0.05) is 0 Å². The molecule has 4 heterocycles. The number of hydrogen-bond acceptors (Lipinski definition) is 8. The zero-order valence-corrected chi connectivity index (χ0v) is 16.8. The Morgan fingerprint density at radius 3 is 2.87 bits per heavy atom. The molecule has 3 aromatic heterocycles. The van der Waals surface area contributed by atoms with E-state index in [0.717, 1.165) is 0 Å². The number of nitrogens with one attached hydrogen (secondary N) is 1. The highest BCUT2D eigenvalue weighted by Crippen LogP contribution is 2.30. The average molecular weight is 423 g/mol. The second-order valence-corrected chi connectivity index (χ2v) is 7.10. The van der Waals surface area contributed by atoms with E-state index < -0.39 is 18.2 Å². The molecule has 0 spiro atoms. The van der Waals surface area contributed by atoms with Gasteiger partial charge in [0.2, 0.25) is 0 Å². The van der Waals surface area contributed by atoms with E-state index >= 15 is 0 Å². The number of rotatable bonds is 5. The summed E-state index contributed by atoms with van der Waals surface area (Å²) in [4.78, 5) is 21.7. The predicted molar refractivity (Wildman–Crippen MR) is 110 cm³/mol. The maximum Gasteiger partial charge on any atom is 0.404 e. The molecule has 1 aliphatic rings. The first-order valence-electron chi connectivity index (χ1n) is 9.79. The summed E-state index contributed by atoms with van der Waals surface area (Å²) in [6, 6.07) is 3.43. The van der Waals surface area contributed by atoms with E-state index in [0.29, 0.717) is 53.5 Å². The Kier molecular flexibility index (Phi) is 5.55. The quantitative estimate of drug-likeness (QED) is 0.551. The zero-order chi connectivity index (χ0) is 22.0. The number of aliphatic hydroxyl groups is 1. The summed E-state index contributed by atoms with van der Waals surface area (Å²) < 4.78 is 7.20. The van der Waals surface area contributed by atoms with Gasteiger partial charge in [0.15, 0.2) is 0 Å². The SMILES string of the molecule is CCOc1cc(-c2cnc(N3CC[C@H](NC(=O)O)[C@@H](O)C3)cn2)c2c(C#N)cnn2c1. The molecule has 0 radical (unpaired) electrons. The third-order valence-corrected chi connectivity index (χ3v) is 5.15. The molecule has 0 aromatic carbocycles. The minimum atomic E-state index is -1.15. The molecule has 3 aromatic rings. The smallest absolute Gasteiger partial charge is 0.404 e. The fourth-order valence-electron chi connectivity index (χ4n) is 3.71. The summed E-state index contributed by atoms with van der Waals surface area (Å²) in [6.45, 7) is 3.13. The molecule has 31 heavy (non-hydrogen) atoms. The summed E-state index contributed by atoms with van der Waals surface area (Å²) in [5.74, 6) is 1.17. The van der Waals surface area contributed by atoms with Gasteiger partial charge >= 0.3 is 6.09 Å². The van der Waals surface area contributed by atoms with E-state index in [1.807, 2.05) is 11.8 Å². The van der Waals surface area contributed by atoms with Crippen LogP contribution < -0.4 is 15.0 Å². The van der Waals surface area contributed by atoms with Crippen LogP contribution >= 0.6 is 0 Å². The molecule has 160 valence electrons. The van der Waals surface area contributed by atoms with Crippen molar-refractivity contribution >= 4 is 17.4 Å². The van der Waals surface area contributed by atoms with Gasteiger partial charge < -0.3 is 25.2 Å². The van der Waals surface area contributed by atoms with Crippen LogP contribution in [0.4, 0.5) is 10.6 Å². The van der Waals surface area contributed by atoms with Crippen molar-refractivity contribution in [2.24, 2.45) is 0 Å². The number of pyridine rings is 1. The van der Waals surface area contributed by atoms with E-state index in [-0.39, 0.29) is 6.54 Å². The van der Waals surface area contributed by atoms with Gasteiger partial charge in [0.05, 0.1) is 60.3 Å². The Bertz CT molecular complexity index is 1140. The first kappa shape index (κ1) is 20.4. The molecule has 0 aliphatic carbocycles. The molecule has 1 saturated heterocycles. The van der Waals surface area contributed by atoms with Gasteiger partial charge in [-0.2, -0.15) is 10.4 Å². The average Bonchev–Trinajstić information content (AvgIpc) is 3.18. The Balaban J connectivity index is 1.62. The lowest BCUT2D eigenvalue weighted by molar-refractivity contribution is 0.108. The van der Waals surface area contributed by atoms with Gasteiger partial charge in [0.25, 0.3) is 0 Å². The van der Waals surface area contributed by atoms with Crippen LogP contribution in [-0.2, 0) is 0 Å². The lowest BCUT2D eigenvalue weighted by atomic mass is 10.0. The van der Waals surface area contributed by atoms with Gasteiger partial charge in [0, 0.05) is 18.7 Å². The number of carboxylic acid groups (broad SMARTS) is 1. The van der Waals surface area contributed by atoms with Crippen molar-refractivity contribution < 1.29 is 19.7 Å². The molecule has 1 amide bonds. The monoisotopic (exact) mass is 423 g/mol. The molecule has 2 atom stereocenters. The summed E-state index contributed by atoms with van der Waals surface area (Å²) in [6.07, 6.45) is 4.85. The number of ether oxygens (including phenoxy) is 1. The van der Waals surface area contributed by atoms with Gasteiger partial charge in [-0.15, -0.1) is 0 Å². The van der Waals surface area contributed by atoms with E-state index in [2.05, 4.69) is 26.5 Å². The van der Waals surface area contributed by atoms with Crippen LogP contribution in [-0.4, -0.2) is 67.7 Å². The highest BCUT2D eigenvalue weighted by molar-refractivity contribution is 5.83. The van der Waals surface area contributed by atoms with E-state index in [4.69, 9.17) is 9.84 Å². The van der Waals surface area contributed by atoms with Crippen LogP contribution in [0.1, 0.15) is 18.9 Å². The molecule has 0 saturated carbocycles. The highest BCUT2D eigenvalue weighted by atomic mass is 16.5. The van der Waals surface area contributed by atoms with Crippen molar-refractivity contribution in [1.29, 1.82) is 5.26 Å². The third kappa shape index (κ3) is 4.06. The first-order valence-corrected chi connectivity index (χ1v) is 9.79. The minimum absolute atomic E-state index is 0.240. The van der Waals surface area contributed by atoms with Gasteiger partial charge in [-0.3, -0.25) is 4.98 Å². The second-order valence-electron chi connectivity index (χ2n) is 7.10. The van der Waals surface area contributed by atoms with Crippen molar-refractivity contribution in [1.82, 2.24) is 24.9 Å². The van der Waals surface area contributed by atoms with Gasteiger partial charge in [-0.05, 0) is 19.4 Å². The van der Waals surface area contributed by atoms with Crippen LogP contribution in [0.2, 0.25) is 0 Å². The molecule has 11 nitrogen and oxygen atoms in total. The lowest BCUT2D eigenvalue weighted by Gasteiger charge is -2.36. The molecular formula is C20H21N7O4. The maximum atomic E-state index is 10.8. The number of aromatic nitrogens is 4. The maximum absolute atomic E-state index is 10.8. The molecular weight excluding hydrogens is 402 g/mol. The number of β-amino-alcohol motifs (C(OH)–C–C–N with tert-alkyl or cyclic N) is 1. The van der Waals surface area contributed by atoms with Crippen LogP contribution in [0.15, 0.2) is 30.9 Å². The van der Waals surface area contributed by atoms with Crippen molar-refractivity contribution in [3.8, 4) is 23.1 Å². The van der Waals surface area contributed by atoms with Crippen molar-refractivity contribution in [3.05, 3.63) is 36.4 Å². The molecule has 1 fully saturated rings. The standard InChI is InChI=1S/C20H21N7O4/c1-2-31-13-5-14(19-12(6-21)7-24-27(19)10-13)16-8-23-18(9-22-16)26-4-3-15(17(28)11-26)25-20(29)30/h5,7-10,15,17,25,28H,2-4,11H2,1H3,(H,29,30)/t15-,17-/m0/s1. The summed E-state index contributed by atoms with van der Waals surface area (Å²) in [5.41, 5.74) is 2.25. The van der Waals surface area contributed by atoms with Crippen molar-refractivity contribution in [2.75, 3.05) is 24.6 Å². The number of amides is 1. The number of nitrogens with zero attached hydrogens (tertiary/aromatic N) is 6. The van der Waals surface area contributed by atoms with E-state index in [1.165, 1.54) is 6.20 Å². The fourth-order valence-corrected chi connectivity index (χ4v) is 3.71. The third-order valence-electron chi connectivity index (χ3n) is 5.15. The molecule has 4 rings (SSSR count). The van der Waals surface area contributed by atoms with Crippen LogP contribution in [0.25, 0.3) is 16.8 Å². The Morgan fingerprint density at radius 1 is 1.39 bits per heavy atom. The molecule has 11 heteroatoms. The predicted octanol–water partition coefficient (Wildman–Crippen LogP) is 1.27. The Morgan fingerprint density at radius 2 is 2.23 bits per heavy atom. The zero-order valence-electron chi connectivity index (χ0n) is 16.8. The summed E-state index contributed by atoms with van der Waals surface area (Å²) in [5, 5.41) is 35.1. The molecule has 0 bridgehead atoms. The Labute approximate surface area is 177 Å². The highest BCUT2D eigenvalue weighted by Gasteiger charge is 2.29. The van der Waals surface area contributed by atoms with Crippen LogP contribution in [0.5, 0.6) is 5.75 Å². The fraction of sp³-hybridized carbons (Fsp3) is 0.350. The topological polar surface area (TPSA) is 149 Å². The minimum Gasteiger partial charge on any atom is -0.492 e. The first-order chi connectivity index (χ1) is 15.0. The van der Waals surface area contributed by atoms with Crippen LogP contribution in [0, 0.1) is 11.3 Å². The van der Waals surface area contributed by atoms with Crippen molar-refractivity contribution in [2.45, 2.75) is 25.5 Å².